The van der Waals surface area contributed by atoms with E-state index in [4.69, 9.17) is 9.84 Å². The van der Waals surface area contributed by atoms with E-state index < -0.39 is 5.97 Å². The number of hydrogen-bond acceptors (Lipinski definition) is 4. The maximum atomic E-state index is 11.0. The van der Waals surface area contributed by atoms with Gasteiger partial charge in [-0.15, -0.1) is 11.3 Å². The van der Waals surface area contributed by atoms with Crippen LogP contribution in [0.2, 0.25) is 0 Å². The Kier molecular flexibility index (Phi) is 3.02. The van der Waals surface area contributed by atoms with Gasteiger partial charge in [-0.1, -0.05) is 0 Å². The average Bonchev–Trinajstić information content (AvgIpc) is 2.62. The molecule has 1 aliphatic heterocycles. The zero-order valence-corrected chi connectivity index (χ0v) is 9.34. The Labute approximate surface area is 91.9 Å². The van der Waals surface area contributed by atoms with E-state index in [0.29, 0.717) is 18.1 Å². The summed E-state index contributed by atoms with van der Waals surface area (Å²) < 4.78 is 5.26. The molecule has 0 aliphatic carbocycles. The summed E-state index contributed by atoms with van der Waals surface area (Å²) in [6, 6.07) is 0. The summed E-state index contributed by atoms with van der Waals surface area (Å²) in [5, 5.41) is 9.88. The lowest BCUT2D eigenvalue weighted by molar-refractivity contribution is 0.0689. The number of nitrogens with zero attached hydrogens (tertiary/aromatic N) is 1. The molecular formula is C10H13NO3S. The van der Waals surface area contributed by atoms with Crippen LogP contribution in [0.3, 0.4) is 0 Å². The molecule has 0 spiro atoms. The lowest BCUT2D eigenvalue weighted by Gasteiger charge is -2.20. The van der Waals surface area contributed by atoms with Gasteiger partial charge >= 0.3 is 5.97 Å². The summed E-state index contributed by atoms with van der Waals surface area (Å²) in [4.78, 5) is 15.8. The first-order valence-electron chi connectivity index (χ1n) is 4.97. The number of thiazole rings is 1. The highest BCUT2D eigenvalue weighted by molar-refractivity contribution is 7.13. The van der Waals surface area contributed by atoms with Crippen molar-refractivity contribution in [2.45, 2.75) is 25.7 Å². The molecule has 0 atom stereocenters. The van der Waals surface area contributed by atoms with E-state index in [1.165, 1.54) is 11.3 Å². The van der Waals surface area contributed by atoms with Gasteiger partial charge < -0.3 is 9.84 Å². The Balaban J connectivity index is 2.28. The second kappa shape index (κ2) is 4.28. The Morgan fingerprint density at radius 1 is 1.53 bits per heavy atom. The van der Waals surface area contributed by atoms with E-state index >= 15 is 0 Å². The summed E-state index contributed by atoms with van der Waals surface area (Å²) in [6.45, 7) is 3.26. The molecule has 1 saturated heterocycles. The van der Waals surface area contributed by atoms with Crippen LogP contribution >= 0.6 is 11.3 Å². The van der Waals surface area contributed by atoms with Crippen molar-refractivity contribution < 1.29 is 14.6 Å². The first-order chi connectivity index (χ1) is 7.18. The largest absolute Gasteiger partial charge is 0.477 e. The van der Waals surface area contributed by atoms with Crippen LogP contribution in [-0.4, -0.2) is 29.3 Å². The van der Waals surface area contributed by atoms with Crippen molar-refractivity contribution in [3.63, 3.8) is 0 Å². The number of aryl methyl sites for hydroxylation is 1. The number of hydrogen-bond donors (Lipinski definition) is 1. The zero-order chi connectivity index (χ0) is 10.8. The summed E-state index contributed by atoms with van der Waals surface area (Å²) in [6.07, 6.45) is 1.76. The smallest absolute Gasteiger partial charge is 0.347 e. The lowest BCUT2D eigenvalue weighted by Crippen LogP contribution is -2.16. The van der Waals surface area contributed by atoms with Crippen molar-refractivity contribution in [2.75, 3.05) is 13.2 Å². The van der Waals surface area contributed by atoms with Gasteiger partial charge in [0.05, 0.1) is 10.7 Å². The fraction of sp³-hybridized carbons (Fsp3) is 0.600. The van der Waals surface area contributed by atoms with Crippen molar-refractivity contribution in [3.05, 3.63) is 15.6 Å². The third-order valence-corrected chi connectivity index (χ3v) is 3.54. The minimum Gasteiger partial charge on any atom is -0.477 e. The Morgan fingerprint density at radius 3 is 2.80 bits per heavy atom. The van der Waals surface area contributed by atoms with Crippen molar-refractivity contribution in [3.8, 4) is 0 Å². The summed E-state index contributed by atoms with van der Waals surface area (Å²) in [7, 11) is 0. The number of aromatic carboxylic acids is 1. The van der Waals surface area contributed by atoms with E-state index in [-0.39, 0.29) is 5.92 Å². The molecule has 0 saturated carbocycles. The second-order valence-corrected chi connectivity index (χ2v) is 4.84. The topological polar surface area (TPSA) is 59.4 Å². The molecule has 2 rings (SSSR count). The number of rotatable bonds is 2. The van der Waals surface area contributed by atoms with Gasteiger partial charge in [0.2, 0.25) is 0 Å². The fourth-order valence-corrected chi connectivity index (χ4v) is 2.69. The lowest BCUT2D eigenvalue weighted by atomic mass is 9.96. The van der Waals surface area contributed by atoms with Gasteiger partial charge in [0.1, 0.15) is 4.88 Å². The van der Waals surface area contributed by atoms with Gasteiger partial charge in [-0.25, -0.2) is 9.78 Å². The normalized spacial score (nSPS) is 17.9. The standard InChI is InChI=1S/C10H13NO3S/c1-6-11-8(9(15-6)10(12)13)7-2-4-14-5-3-7/h7H,2-5H2,1H3,(H,12,13). The van der Waals surface area contributed by atoms with Crippen molar-refractivity contribution >= 4 is 17.3 Å². The molecule has 1 aromatic rings. The van der Waals surface area contributed by atoms with Gasteiger partial charge in [-0.05, 0) is 19.8 Å². The van der Waals surface area contributed by atoms with E-state index in [0.717, 1.165) is 23.5 Å². The Bertz CT molecular complexity index is 369. The Morgan fingerprint density at radius 2 is 2.20 bits per heavy atom. The summed E-state index contributed by atoms with van der Waals surface area (Å²) in [5.41, 5.74) is 0.758. The molecule has 0 aromatic carbocycles. The molecule has 15 heavy (non-hydrogen) atoms. The molecule has 0 unspecified atom stereocenters. The van der Waals surface area contributed by atoms with E-state index in [9.17, 15) is 4.79 Å². The van der Waals surface area contributed by atoms with Gasteiger partial charge in [-0.3, -0.25) is 0 Å². The first kappa shape index (κ1) is 10.6. The Hall–Kier alpha value is -0.940. The maximum Gasteiger partial charge on any atom is 0.347 e. The third-order valence-electron chi connectivity index (χ3n) is 2.56. The molecule has 4 nitrogen and oxygen atoms in total. The highest BCUT2D eigenvalue weighted by atomic mass is 32.1. The van der Waals surface area contributed by atoms with E-state index in [2.05, 4.69) is 4.98 Å². The van der Waals surface area contributed by atoms with Gasteiger partial charge in [0.15, 0.2) is 0 Å². The number of carboxylic acids is 1. The predicted molar refractivity (Wildman–Crippen MR) is 56.6 cm³/mol. The molecule has 1 fully saturated rings. The monoisotopic (exact) mass is 227 g/mol. The van der Waals surface area contributed by atoms with Gasteiger partial charge in [0, 0.05) is 19.1 Å². The molecule has 1 aromatic heterocycles. The van der Waals surface area contributed by atoms with E-state index in [1.54, 1.807) is 0 Å². The molecular weight excluding hydrogens is 214 g/mol. The second-order valence-electron chi connectivity index (χ2n) is 3.64. The van der Waals surface area contributed by atoms with Gasteiger partial charge in [-0.2, -0.15) is 0 Å². The molecule has 5 heteroatoms. The quantitative estimate of drug-likeness (QED) is 0.840. The summed E-state index contributed by atoms with van der Waals surface area (Å²) in [5.74, 6) is -0.600. The molecule has 1 N–H and O–H groups in total. The zero-order valence-electron chi connectivity index (χ0n) is 8.52. The molecule has 0 radical (unpaired) electrons. The molecule has 82 valence electrons. The van der Waals surface area contributed by atoms with Crippen LogP contribution in [-0.2, 0) is 4.74 Å². The van der Waals surface area contributed by atoms with Crippen molar-refractivity contribution in [1.29, 1.82) is 0 Å². The van der Waals surface area contributed by atoms with E-state index in [1.807, 2.05) is 6.92 Å². The highest BCUT2D eigenvalue weighted by Gasteiger charge is 2.25. The SMILES string of the molecule is Cc1nc(C2CCOCC2)c(C(=O)O)s1. The molecule has 1 aliphatic rings. The minimum absolute atomic E-state index is 0.259. The molecule has 0 amide bonds. The predicted octanol–water partition coefficient (Wildman–Crippen LogP) is 2.04. The summed E-state index contributed by atoms with van der Waals surface area (Å²) >= 11 is 1.26. The highest BCUT2D eigenvalue weighted by Crippen LogP contribution is 2.31. The number of carboxylic acid groups (broad SMARTS) is 1. The van der Waals surface area contributed by atoms with Crippen LogP contribution in [0.15, 0.2) is 0 Å². The fourth-order valence-electron chi connectivity index (χ4n) is 1.84. The number of ether oxygens (including phenoxy) is 1. The maximum absolute atomic E-state index is 11.0. The minimum atomic E-state index is -0.859. The van der Waals surface area contributed by atoms with Crippen LogP contribution < -0.4 is 0 Å². The first-order valence-corrected chi connectivity index (χ1v) is 5.78. The number of carbonyl (C=O) groups is 1. The average molecular weight is 227 g/mol. The van der Waals surface area contributed by atoms with Crippen molar-refractivity contribution in [2.24, 2.45) is 0 Å². The van der Waals surface area contributed by atoms with Crippen LogP contribution in [0.4, 0.5) is 0 Å². The van der Waals surface area contributed by atoms with Gasteiger partial charge in [0.25, 0.3) is 0 Å². The molecule has 2 heterocycles. The van der Waals surface area contributed by atoms with Crippen LogP contribution in [0.1, 0.15) is 39.1 Å². The van der Waals surface area contributed by atoms with Crippen LogP contribution in [0.5, 0.6) is 0 Å². The third kappa shape index (κ3) is 2.18. The van der Waals surface area contributed by atoms with Crippen LogP contribution in [0.25, 0.3) is 0 Å². The molecule has 0 bridgehead atoms. The number of aromatic nitrogens is 1. The van der Waals surface area contributed by atoms with Crippen LogP contribution in [0, 0.1) is 6.92 Å². The van der Waals surface area contributed by atoms with Crippen molar-refractivity contribution in [1.82, 2.24) is 4.98 Å².